The van der Waals surface area contributed by atoms with E-state index < -0.39 is 0 Å². The van der Waals surface area contributed by atoms with Crippen LogP contribution in [0.15, 0.2) is 72.1 Å². The second kappa shape index (κ2) is 12.0. The average Bonchev–Trinajstić information content (AvgIpc) is 3.21. The predicted octanol–water partition coefficient (Wildman–Crippen LogP) is 5.63. The van der Waals surface area contributed by atoms with E-state index in [0.29, 0.717) is 25.3 Å². The number of fused-ring (bicyclic) bond motifs is 1. The molecule has 0 unspecified atom stereocenters. The molecule has 0 radical (unpaired) electrons. The number of nitrogens with zero attached hydrogens (tertiary/aromatic N) is 3. The number of benzene rings is 2. The number of carbonyl (C=O) groups is 1. The Balaban J connectivity index is 1.42. The molecular weight excluding hydrogens is 456 g/mol. The lowest BCUT2D eigenvalue weighted by molar-refractivity contribution is 0.0757. The first kappa shape index (κ1) is 24.9. The second-order valence-corrected chi connectivity index (χ2v) is 9.79. The topological polar surface area (TPSA) is 69.0 Å². The van der Waals surface area contributed by atoms with Gasteiger partial charge in [-0.25, -0.2) is 4.98 Å². The summed E-state index contributed by atoms with van der Waals surface area (Å²) in [6, 6.07) is 18.3. The van der Waals surface area contributed by atoms with Crippen molar-refractivity contribution in [1.29, 1.82) is 0 Å². The van der Waals surface area contributed by atoms with Gasteiger partial charge in [-0.15, -0.1) is 0 Å². The number of aryl methyl sites for hydroxylation is 1. The maximum absolute atomic E-state index is 12.5. The number of hydrogen-bond acceptors (Lipinski definition) is 5. The Morgan fingerprint density at radius 3 is 2.54 bits per heavy atom. The molecule has 0 saturated heterocycles. The minimum atomic E-state index is -0.0623. The SMILES string of the molecule is Cc1ccc(CSc2nc3ccncc3n2Cc2ccc(C(=O)NCCCOC(C)C)cc2)cc1. The Kier molecular flexibility index (Phi) is 8.55. The third-order valence-electron chi connectivity index (χ3n) is 5.62. The van der Waals surface area contributed by atoms with E-state index in [-0.39, 0.29) is 12.0 Å². The number of carbonyl (C=O) groups excluding carboxylic acids is 1. The molecular formula is C28H32N4O2S. The van der Waals surface area contributed by atoms with Gasteiger partial charge >= 0.3 is 0 Å². The molecule has 35 heavy (non-hydrogen) atoms. The summed E-state index contributed by atoms with van der Waals surface area (Å²) in [5.74, 6) is 0.783. The summed E-state index contributed by atoms with van der Waals surface area (Å²) >= 11 is 1.72. The van der Waals surface area contributed by atoms with Crippen LogP contribution in [0, 0.1) is 6.92 Å². The summed E-state index contributed by atoms with van der Waals surface area (Å²) in [7, 11) is 0. The first-order valence-electron chi connectivity index (χ1n) is 12.0. The van der Waals surface area contributed by atoms with Gasteiger partial charge in [0.15, 0.2) is 5.16 Å². The predicted molar refractivity (Wildman–Crippen MR) is 142 cm³/mol. The van der Waals surface area contributed by atoms with Crippen LogP contribution in [0.4, 0.5) is 0 Å². The van der Waals surface area contributed by atoms with E-state index in [2.05, 4.69) is 46.1 Å². The van der Waals surface area contributed by atoms with Crippen LogP contribution in [-0.4, -0.2) is 39.7 Å². The molecule has 1 N–H and O–H groups in total. The summed E-state index contributed by atoms with van der Waals surface area (Å²) in [6.07, 6.45) is 4.65. The fraction of sp³-hybridized carbons (Fsp3) is 0.321. The van der Waals surface area contributed by atoms with Crippen LogP contribution < -0.4 is 5.32 Å². The molecule has 0 atom stereocenters. The van der Waals surface area contributed by atoms with Crippen molar-refractivity contribution in [3.05, 3.63) is 89.2 Å². The summed E-state index contributed by atoms with van der Waals surface area (Å²) in [4.78, 5) is 21.6. The quantitative estimate of drug-likeness (QED) is 0.219. The molecule has 1 amide bonds. The zero-order valence-corrected chi connectivity index (χ0v) is 21.3. The van der Waals surface area contributed by atoms with Gasteiger partial charge < -0.3 is 14.6 Å². The van der Waals surface area contributed by atoms with Crippen molar-refractivity contribution in [1.82, 2.24) is 19.9 Å². The number of thioether (sulfide) groups is 1. The number of hydrogen-bond donors (Lipinski definition) is 1. The third kappa shape index (κ3) is 6.93. The lowest BCUT2D eigenvalue weighted by Crippen LogP contribution is -2.25. The summed E-state index contributed by atoms with van der Waals surface area (Å²) in [6.45, 7) is 8.02. The highest BCUT2D eigenvalue weighted by Gasteiger charge is 2.13. The second-order valence-electron chi connectivity index (χ2n) is 8.85. The van der Waals surface area contributed by atoms with Crippen LogP contribution in [0.1, 0.15) is 47.3 Å². The molecule has 0 bridgehead atoms. The van der Waals surface area contributed by atoms with Crippen LogP contribution in [0.5, 0.6) is 0 Å². The number of aromatic nitrogens is 3. The van der Waals surface area contributed by atoms with Crippen molar-refractivity contribution >= 4 is 28.7 Å². The Hall–Kier alpha value is -3.16. The third-order valence-corrected chi connectivity index (χ3v) is 6.67. The van der Waals surface area contributed by atoms with E-state index in [4.69, 9.17) is 9.72 Å². The molecule has 0 aliphatic heterocycles. The highest BCUT2D eigenvalue weighted by Crippen LogP contribution is 2.27. The molecule has 4 rings (SSSR count). The van der Waals surface area contributed by atoms with Crippen LogP contribution in [0.25, 0.3) is 11.0 Å². The number of nitrogens with one attached hydrogen (secondary N) is 1. The Bertz CT molecular complexity index is 1250. The van der Waals surface area contributed by atoms with Gasteiger partial charge in [-0.1, -0.05) is 53.7 Å². The van der Waals surface area contributed by atoms with Crippen molar-refractivity contribution in [2.75, 3.05) is 13.2 Å². The minimum Gasteiger partial charge on any atom is -0.379 e. The summed E-state index contributed by atoms with van der Waals surface area (Å²) in [5, 5.41) is 3.92. The van der Waals surface area contributed by atoms with E-state index in [1.165, 1.54) is 11.1 Å². The van der Waals surface area contributed by atoms with E-state index in [1.807, 2.05) is 50.4 Å². The van der Waals surface area contributed by atoms with Gasteiger partial charge in [0.05, 0.1) is 29.9 Å². The van der Waals surface area contributed by atoms with E-state index in [1.54, 1.807) is 18.0 Å². The van der Waals surface area contributed by atoms with Gasteiger partial charge in [0.25, 0.3) is 5.91 Å². The van der Waals surface area contributed by atoms with Crippen molar-refractivity contribution in [3.8, 4) is 0 Å². The lowest BCUT2D eigenvalue weighted by atomic mass is 10.1. The molecule has 0 aliphatic carbocycles. The minimum absolute atomic E-state index is 0.0623. The normalized spacial score (nSPS) is 11.3. The molecule has 2 aromatic heterocycles. The van der Waals surface area contributed by atoms with E-state index in [9.17, 15) is 4.79 Å². The molecule has 7 heteroatoms. The Labute approximate surface area is 211 Å². The number of amides is 1. The van der Waals surface area contributed by atoms with Crippen molar-refractivity contribution in [2.24, 2.45) is 0 Å². The highest BCUT2D eigenvalue weighted by molar-refractivity contribution is 7.98. The van der Waals surface area contributed by atoms with E-state index in [0.717, 1.165) is 33.9 Å². The summed E-state index contributed by atoms with van der Waals surface area (Å²) in [5.41, 5.74) is 6.22. The smallest absolute Gasteiger partial charge is 0.251 e. The maximum atomic E-state index is 12.5. The molecule has 182 valence electrons. The van der Waals surface area contributed by atoms with Gasteiger partial charge in [0, 0.05) is 30.7 Å². The number of imidazole rings is 1. The molecule has 2 aromatic carbocycles. The van der Waals surface area contributed by atoms with Crippen molar-refractivity contribution in [2.45, 2.75) is 50.8 Å². The molecule has 0 aliphatic rings. The summed E-state index contributed by atoms with van der Waals surface area (Å²) < 4.78 is 7.72. The van der Waals surface area contributed by atoms with Gasteiger partial charge in [-0.3, -0.25) is 9.78 Å². The zero-order valence-electron chi connectivity index (χ0n) is 20.5. The van der Waals surface area contributed by atoms with Crippen molar-refractivity contribution < 1.29 is 9.53 Å². The fourth-order valence-electron chi connectivity index (χ4n) is 3.68. The van der Waals surface area contributed by atoms with Gasteiger partial charge in [-0.2, -0.15) is 0 Å². The standard InChI is InChI=1S/C28H32N4O2S/c1-20(2)34-16-4-14-30-27(33)24-11-9-22(10-12-24)18-32-26-17-29-15-13-25(26)31-28(32)35-19-23-7-5-21(3)6-8-23/h5-13,15,17,20H,4,14,16,18-19H2,1-3H3,(H,30,33). The highest BCUT2D eigenvalue weighted by atomic mass is 32.2. The lowest BCUT2D eigenvalue weighted by Gasteiger charge is -2.11. The van der Waals surface area contributed by atoms with Crippen LogP contribution >= 0.6 is 11.8 Å². The Morgan fingerprint density at radius 2 is 1.80 bits per heavy atom. The van der Waals surface area contributed by atoms with Gasteiger partial charge in [-0.05, 0) is 56.5 Å². The Morgan fingerprint density at radius 1 is 1.06 bits per heavy atom. The number of pyridine rings is 1. The maximum Gasteiger partial charge on any atom is 0.251 e. The number of rotatable bonds is 11. The fourth-order valence-corrected chi connectivity index (χ4v) is 4.65. The zero-order chi connectivity index (χ0) is 24.6. The van der Waals surface area contributed by atoms with Gasteiger partial charge in [0.2, 0.25) is 0 Å². The molecule has 2 heterocycles. The van der Waals surface area contributed by atoms with Gasteiger partial charge in [0.1, 0.15) is 0 Å². The largest absolute Gasteiger partial charge is 0.379 e. The van der Waals surface area contributed by atoms with Crippen LogP contribution in [0.2, 0.25) is 0 Å². The van der Waals surface area contributed by atoms with Crippen LogP contribution in [-0.2, 0) is 17.0 Å². The average molecular weight is 489 g/mol. The van der Waals surface area contributed by atoms with Crippen LogP contribution in [0.3, 0.4) is 0 Å². The first-order chi connectivity index (χ1) is 17.0. The monoisotopic (exact) mass is 488 g/mol. The van der Waals surface area contributed by atoms with Crippen molar-refractivity contribution in [3.63, 3.8) is 0 Å². The number of ether oxygens (including phenoxy) is 1. The molecule has 4 aromatic rings. The molecule has 0 fully saturated rings. The molecule has 0 spiro atoms. The molecule has 6 nitrogen and oxygen atoms in total. The molecule has 0 saturated carbocycles. The van der Waals surface area contributed by atoms with E-state index >= 15 is 0 Å². The first-order valence-corrected chi connectivity index (χ1v) is 13.0.